The van der Waals surface area contributed by atoms with Gasteiger partial charge in [-0.15, -0.1) is 0 Å². The van der Waals surface area contributed by atoms with Crippen molar-refractivity contribution in [2.24, 2.45) is 11.5 Å². The second-order valence-electron chi connectivity index (χ2n) is 7.43. The van der Waals surface area contributed by atoms with Crippen molar-refractivity contribution < 1.29 is 29.0 Å². The predicted molar refractivity (Wildman–Crippen MR) is 132 cm³/mol. The van der Waals surface area contributed by atoms with Crippen LogP contribution in [0.15, 0.2) is 0 Å². The minimum absolute atomic E-state index is 0.0695. The number of nitrogens with two attached hydrogens (primary N) is 2. The van der Waals surface area contributed by atoms with Crippen LogP contribution in [0.3, 0.4) is 0 Å². The summed E-state index contributed by atoms with van der Waals surface area (Å²) in [6, 6.07) is 0. The van der Waals surface area contributed by atoms with Crippen LogP contribution in [0, 0.1) is 0 Å². The van der Waals surface area contributed by atoms with E-state index >= 15 is 0 Å². The van der Waals surface area contributed by atoms with Crippen molar-refractivity contribution in [2.45, 2.75) is 77.6 Å². The van der Waals surface area contributed by atoms with E-state index in [0.29, 0.717) is 45.8 Å². The zero-order valence-electron chi connectivity index (χ0n) is 21.2. The van der Waals surface area contributed by atoms with E-state index in [1.807, 2.05) is 21.0 Å². The molecule has 0 saturated carbocycles. The number of hydrogen-bond donors (Lipinski definition) is 5. The number of carbonyl (C=O) groups is 3. The zero-order chi connectivity index (χ0) is 25.6. The average Bonchev–Trinajstić information content (AvgIpc) is 2.76. The van der Waals surface area contributed by atoms with Crippen LogP contribution in [0.4, 0.5) is 0 Å². The number of carboxylic acid groups (broad SMARTS) is 1. The number of ether oxygens (including phenoxy) is 2. The molecule has 0 aliphatic carbocycles. The number of rotatable bonds is 20. The maximum absolute atomic E-state index is 11.4. The summed E-state index contributed by atoms with van der Waals surface area (Å²) in [6.07, 6.45) is 9.93. The Bertz CT molecular complexity index is 439. The second-order valence-corrected chi connectivity index (χ2v) is 7.43. The normalized spacial score (nSPS) is 9.82. The second kappa shape index (κ2) is 32.4. The molecule has 198 valence electrons. The molecule has 10 nitrogen and oxygen atoms in total. The van der Waals surface area contributed by atoms with E-state index in [0.717, 1.165) is 32.1 Å². The topological polar surface area (TPSA) is 166 Å². The molecule has 0 heterocycles. The van der Waals surface area contributed by atoms with E-state index in [4.69, 9.17) is 26.0 Å². The number of aliphatic carboxylic acids is 1. The molecule has 33 heavy (non-hydrogen) atoms. The van der Waals surface area contributed by atoms with Gasteiger partial charge in [0.2, 0.25) is 11.8 Å². The monoisotopic (exact) mass is 478 g/mol. The zero-order valence-corrected chi connectivity index (χ0v) is 21.2. The van der Waals surface area contributed by atoms with Crippen molar-refractivity contribution in [3.63, 3.8) is 0 Å². The molecular formula is C23H50N4O6. The molecule has 0 aromatic heterocycles. The average molecular weight is 479 g/mol. The highest BCUT2D eigenvalue weighted by molar-refractivity contribution is 5.77. The van der Waals surface area contributed by atoms with Gasteiger partial charge in [-0.2, -0.15) is 0 Å². The summed E-state index contributed by atoms with van der Waals surface area (Å²) in [7, 11) is 3.75. The quantitative estimate of drug-likeness (QED) is 0.165. The van der Waals surface area contributed by atoms with Gasteiger partial charge in [0.25, 0.3) is 0 Å². The van der Waals surface area contributed by atoms with E-state index in [2.05, 4.69) is 10.6 Å². The molecule has 2 amide bonds. The van der Waals surface area contributed by atoms with Gasteiger partial charge in [-0.3, -0.25) is 14.4 Å². The Kier molecular flexibility index (Phi) is 35.2. The van der Waals surface area contributed by atoms with Gasteiger partial charge in [0.15, 0.2) is 0 Å². The van der Waals surface area contributed by atoms with Crippen molar-refractivity contribution in [1.82, 2.24) is 10.6 Å². The van der Waals surface area contributed by atoms with Crippen LogP contribution < -0.4 is 22.1 Å². The number of hydrogen-bond acceptors (Lipinski definition) is 7. The SMILES string of the molecule is CCOCCOCC(=O)NCCCCCCCCCCC(=O)O.CNC.NCCCC(N)=O. The van der Waals surface area contributed by atoms with Crippen LogP contribution in [0.5, 0.6) is 0 Å². The summed E-state index contributed by atoms with van der Waals surface area (Å²) in [5.74, 6) is -1.04. The van der Waals surface area contributed by atoms with Crippen molar-refractivity contribution >= 4 is 17.8 Å². The molecule has 10 heteroatoms. The number of unbranched alkanes of at least 4 members (excludes halogenated alkanes) is 7. The Morgan fingerprint density at radius 1 is 0.818 bits per heavy atom. The van der Waals surface area contributed by atoms with Crippen molar-refractivity contribution in [2.75, 3.05) is 53.6 Å². The summed E-state index contributed by atoms with van der Waals surface area (Å²) < 4.78 is 10.3. The molecule has 0 unspecified atom stereocenters. The van der Waals surface area contributed by atoms with Gasteiger partial charge in [0, 0.05) is 26.0 Å². The highest BCUT2D eigenvalue weighted by Gasteiger charge is 2.00. The number of amides is 2. The summed E-state index contributed by atoms with van der Waals surface area (Å²) >= 11 is 0. The largest absolute Gasteiger partial charge is 0.481 e. The molecule has 0 aliphatic rings. The van der Waals surface area contributed by atoms with E-state index in [9.17, 15) is 14.4 Å². The summed E-state index contributed by atoms with van der Waals surface area (Å²) in [5.41, 5.74) is 9.85. The van der Waals surface area contributed by atoms with Crippen LogP contribution in [-0.4, -0.2) is 76.5 Å². The van der Waals surface area contributed by atoms with Crippen molar-refractivity contribution in [3.05, 3.63) is 0 Å². The third-order valence-electron chi connectivity index (χ3n) is 4.08. The Hall–Kier alpha value is -1.75. The van der Waals surface area contributed by atoms with Gasteiger partial charge in [0.05, 0.1) is 13.2 Å². The minimum Gasteiger partial charge on any atom is -0.481 e. The standard InChI is InChI=1S/C17H33NO5.C4H10N2O.C2H7N/c1-2-22-13-14-23-15-16(19)18-12-10-8-6-4-3-5-7-9-11-17(20)21;5-3-1-2-4(6)7;1-3-2/h2-15H2,1H3,(H,18,19)(H,20,21);1-3,5H2,(H2,6,7);3H,1-2H3. The number of carbonyl (C=O) groups excluding carboxylic acids is 2. The third-order valence-corrected chi connectivity index (χ3v) is 4.08. The van der Waals surface area contributed by atoms with Crippen molar-refractivity contribution in [3.8, 4) is 0 Å². The first-order valence-electron chi connectivity index (χ1n) is 12.1. The summed E-state index contributed by atoms with van der Waals surface area (Å²) in [5, 5.41) is 14.1. The molecule has 0 radical (unpaired) electrons. The Labute approximate surface area is 200 Å². The smallest absolute Gasteiger partial charge is 0.303 e. The Balaban J connectivity index is -0.000000749. The molecular weight excluding hydrogens is 428 g/mol. The molecule has 0 aromatic rings. The van der Waals surface area contributed by atoms with Crippen LogP contribution in [-0.2, 0) is 23.9 Å². The molecule has 0 spiro atoms. The number of nitrogens with one attached hydrogen (secondary N) is 2. The maximum Gasteiger partial charge on any atom is 0.303 e. The van der Waals surface area contributed by atoms with Crippen LogP contribution in [0.25, 0.3) is 0 Å². The maximum atomic E-state index is 11.4. The van der Waals surface area contributed by atoms with Gasteiger partial charge in [-0.25, -0.2) is 0 Å². The van der Waals surface area contributed by atoms with Gasteiger partial charge in [-0.05, 0) is 46.8 Å². The van der Waals surface area contributed by atoms with Gasteiger partial charge in [-0.1, -0.05) is 38.5 Å². The summed E-state index contributed by atoms with van der Waals surface area (Å²) in [6.45, 7) is 4.91. The molecule has 0 saturated heterocycles. The van der Waals surface area contributed by atoms with Gasteiger partial charge >= 0.3 is 5.97 Å². The van der Waals surface area contributed by atoms with E-state index < -0.39 is 5.97 Å². The molecule has 0 fully saturated rings. The lowest BCUT2D eigenvalue weighted by molar-refractivity contribution is -0.137. The lowest BCUT2D eigenvalue weighted by Gasteiger charge is -2.06. The first kappa shape index (κ1) is 35.8. The Morgan fingerprint density at radius 3 is 1.79 bits per heavy atom. The molecule has 0 atom stereocenters. The lowest BCUT2D eigenvalue weighted by atomic mass is 10.1. The van der Waals surface area contributed by atoms with Gasteiger partial charge < -0.3 is 36.7 Å². The fraction of sp³-hybridized carbons (Fsp3) is 0.870. The predicted octanol–water partition coefficient (Wildman–Crippen LogP) is 1.80. The fourth-order valence-electron chi connectivity index (χ4n) is 2.44. The van der Waals surface area contributed by atoms with E-state index in [-0.39, 0.29) is 24.8 Å². The van der Waals surface area contributed by atoms with Crippen LogP contribution >= 0.6 is 0 Å². The van der Waals surface area contributed by atoms with Crippen molar-refractivity contribution in [1.29, 1.82) is 0 Å². The van der Waals surface area contributed by atoms with E-state index in [1.165, 1.54) is 19.3 Å². The van der Waals surface area contributed by atoms with Crippen LogP contribution in [0.2, 0.25) is 0 Å². The molecule has 0 rings (SSSR count). The third kappa shape index (κ3) is 44.7. The molecule has 0 aromatic carbocycles. The first-order chi connectivity index (χ1) is 15.8. The fourth-order valence-corrected chi connectivity index (χ4v) is 2.44. The molecule has 7 N–H and O–H groups in total. The van der Waals surface area contributed by atoms with E-state index in [1.54, 1.807) is 0 Å². The molecule has 0 aliphatic heterocycles. The van der Waals surface area contributed by atoms with Crippen LogP contribution in [0.1, 0.15) is 77.6 Å². The highest BCUT2D eigenvalue weighted by Crippen LogP contribution is 2.09. The minimum atomic E-state index is -0.702. The lowest BCUT2D eigenvalue weighted by Crippen LogP contribution is -2.29. The van der Waals surface area contributed by atoms with Gasteiger partial charge in [0.1, 0.15) is 6.61 Å². The highest BCUT2D eigenvalue weighted by atomic mass is 16.5. The first-order valence-corrected chi connectivity index (χ1v) is 12.1. The Morgan fingerprint density at radius 2 is 1.33 bits per heavy atom. The summed E-state index contributed by atoms with van der Waals surface area (Å²) in [4.78, 5) is 31.7. The number of carboxylic acids is 1. The number of primary amides is 1. The molecule has 0 bridgehead atoms.